The van der Waals surface area contributed by atoms with Gasteiger partial charge in [0.15, 0.2) is 0 Å². The molecule has 24 heavy (non-hydrogen) atoms. The molecule has 0 heterocycles. The smallest absolute Gasteiger partial charge is 0.127 e. The van der Waals surface area contributed by atoms with Crippen molar-refractivity contribution < 1.29 is 9.50 Å². The topological polar surface area (TPSA) is 23.5 Å². The van der Waals surface area contributed by atoms with Crippen LogP contribution in [0.25, 0.3) is 0 Å². The average Bonchev–Trinajstić information content (AvgIpc) is 2.78. The maximum Gasteiger partial charge on any atom is 0.127 e. The van der Waals surface area contributed by atoms with E-state index in [1.165, 1.54) is 11.1 Å². The van der Waals surface area contributed by atoms with Crippen molar-refractivity contribution in [3.8, 4) is 0 Å². The largest absolute Gasteiger partial charge is 0.388 e. The molecule has 1 aliphatic rings. The van der Waals surface area contributed by atoms with Gasteiger partial charge in [-0.1, -0.05) is 73.5 Å². The Morgan fingerprint density at radius 3 is 1.88 bits per heavy atom. The van der Waals surface area contributed by atoms with Crippen LogP contribution in [0.3, 0.4) is 0 Å². The van der Waals surface area contributed by atoms with Gasteiger partial charge in [-0.25, -0.2) is 4.39 Å². The van der Waals surface area contributed by atoms with Crippen molar-refractivity contribution in [1.29, 1.82) is 0 Å². The minimum Gasteiger partial charge on any atom is -0.388 e. The summed E-state index contributed by atoms with van der Waals surface area (Å²) in [5, 5.41) is 10.5. The monoisotopic (exact) mass is 327 g/mol. The van der Waals surface area contributed by atoms with Gasteiger partial charge >= 0.3 is 0 Å². The molecule has 0 unspecified atom stereocenters. The summed E-state index contributed by atoms with van der Waals surface area (Å²) in [4.78, 5) is 2.24. The van der Waals surface area contributed by atoms with E-state index in [0.29, 0.717) is 6.42 Å². The summed E-state index contributed by atoms with van der Waals surface area (Å²) in [5.74, 6) is 0. The first-order chi connectivity index (χ1) is 11.7. The standard InChI is InChI=1S/C21H26FNO/c22-19-13-7-8-14-20(21(19)24)23(15-17-9-3-1-4-10-17)16-18-11-5-2-6-12-18/h1-6,9-12,19-21,24H,7-8,13-16H2/t19-,20+,21+/m0/s1. The highest BCUT2D eigenvalue weighted by Gasteiger charge is 2.34. The molecule has 1 fully saturated rings. The molecule has 0 spiro atoms. The Balaban J connectivity index is 1.82. The molecule has 1 aliphatic carbocycles. The first kappa shape index (κ1) is 17.1. The number of hydrogen-bond acceptors (Lipinski definition) is 2. The van der Waals surface area contributed by atoms with Gasteiger partial charge in [-0.3, -0.25) is 4.90 Å². The highest BCUT2D eigenvalue weighted by atomic mass is 19.1. The molecule has 3 atom stereocenters. The molecule has 0 aliphatic heterocycles. The van der Waals surface area contributed by atoms with Crippen molar-refractivity contribution in [3.63, 3.8) is 0 Å². The third kappa shape index (κ3) is 4.43. The summed E-state index contributed by atoms with van der Waals surface area (Å²) in [7, 11) is 0. The lowest BCUT2D eigenvalue weighted by atomic mass is 10.0. The minimum atomic E-state index is -1.12. The molecule has 0 amide bonds. The second-order valence-electron chi connectivity index (χ2n) is 6.73. The lowest BCUT2D eigenvalue weighted by Gasteiger charge is -2.35. The van der Waals surface area contributed by atoms with Crippen molar-refractivity contribution in [3.05, 3.63) is 71.8 Å². The molecular formula is C21H26FNO. The number of rotatable bonds is 5. The van der Waals surface area contributed by atoms with E-state index in [0.717, 1.165) is 32.4 Å². The van der Waals surface area contributed by atoms with Crippen molar-refractivity contribution in [2.75, 3.05) is 0 Å². The van der Waals surface area contributed by atoms with Crippen LogP contribution < -0.4 is 0 Å². The number of aliphatic hydroxyl groups excluding tert-OH is 1. The molecule has 128 valence electrons. The predicted molar refractivity (Wildman–Crippen MR) is 95.3 cm³/mol. The van der Waals surface area contributed by atoms with Crippen LogP contribution in [-0.4, -0.2) is 28.3 Å². The van der Waals surface area contributed by atoms with E-state index in [1.807, 2.05) is 36.4 Å². The van der Waals surface area contributed by atoms with Crippen molar-refractivity contribution >= 4 is 0 Å². The highest BCUT2D eigenvalue weighted by Crippen LogP contribution is 2.27. The Kier molecular flexibility index (Phi) is 6.00. The molecule has 0 radical (unpaired) electrons. The first-order valence-corrected chi connectivity index (χ1v) is 8.88. The summed E-state index contributed by atoms with van der Waals surface area (Å²) >= 11 is 0. The fraction of sp³-hybridized carbons (Fsp3) is 0.429. The Bertz CT molecular complexity index is 562. The summed E-state index contributed by atoms with van der Waals surface area (Å²) in [6.07, 6.45) is 1.14. The SMILES string of the molecule is O[C@H]1[C@H](N(Cc2ccccc2)Cc2ccccc2)CCCC[C@@H]1F. The van der Waals surface area contributed by atoms with Gasteiger partial charge in [0.1, 0.15) is 12.3 Å². The van der Waals surface area contributed by atoms with E-state index in [4.69, 9.17) is 0 Å². The zero-order chi connectivity index (χ0) is 16.8. The molecule has 3 heteroatoms. The van der Waals surface area contributed by atoms with Crippen LogP contribution in [0, 0.1) is 0 Å². The molecule has 0 saturated heterocycles. The lowest BCUT2D eigenvalue weighted by Crippen LogP contribution is -2.46. The molecule has 2 aromatic carbocycles. The van der Waals surface area contributed by atoms with E-state index in [1.54, 1.807) is 0 Å². The second kappa shape index (κ2) is 8.41. The van der Waals surface area contributed by atoms with Crippen molar-refractivity contribution in [2.45, 2.75) is 57.1 Å². The Hall–Kier alpha value is -1.71. The van der Waals surface area contributed by atoms with E-state index in [-0.39, 0.29) is 6.04 Å². The number of alkyl halides is 1. The van der Waals surface area contributed by atoms with E-state index in [9.17, 15) is 9.50 Å². The van der Waals surface area contributed by atoms with E-state index < -0.39 is 12.3 Å². The molecule has 1 N–H and O–H groups in total. The molecule has 0 aromatic heterocycles. The fourth-order valence-corrected chi connectivity index (χ4v) is 3.60. The average molecular weight is 327 g/mol. The van der Waals surface area contributed by atoms with Gasteiger partial charge in [0.25, 0.3) is 0 Å². The van der Waals surface area contributed by atoms with Gasteiger partial charge in [-0.15, -0.1) is 0 Å². The van der Waals surface area contributed by atoms with Gasteiger partial charge in [0, 0.05) is 19.1 Å². The number of benzene rings is 2. The summed E-state index contributed by atoms with van der Waals surface area (Å²) in [6, 6.07) is 20.3. The van der Waals surface area contributed by atoms with Gasteiger partial charge in [-0.2, -0.15) is 0 Å². The summed E-state index contributed by atoms with van der Waals surface area (Å²) in [5.41, 5.74) is 2.39. The molecule has 1 saturated carbocycles. The molecule has 0 bridgehead atoms. The van der Waals surface area contributed by atoms with Gasteiger partial charge in [0.05, 0.1) is 0 Å². The zero-order valence-electron chi connectivity index (χ0n) is 14.0. The first-order valence-electron chi connectivity index (χ1n) is 8.88. The van der Waals surface area contributed by atoms with Crippen LogP contribution in [0.5, 0.6) is 0 Å². The van der Waals surface area contributed by atoms with Crippen molar-refractivity contribution in [2.24, 2.45) is 0 Å². The van der Waals surface area contributed by atoms with Crippen LogP contribution >= 0.6 is 0 Å². The molecule has 3 rings (SSSR count). The third-order valence-corrected chi connectivity index (χ3v) is 4.92. The Morgan fingerprint density at radius 1 is 0.833 bits per heavy atom. The lowest BCUT2D eigenvalue weighted by molar-refractivity contribution is -0.00837. The molecule has 2 nitrogen and oxygen atoms in total. The number of halogens is 1. The quantitative estimate of drug-likeness (QED) is 0.826. The normalized spacial score (nSPS) is 24.7. The molecule has 2 aromatic rings. The van der Waals surface area contributed by atoms with Crippen LogP contribution in [0.2, 0.25) is 0 Å². The number of aliphatic hydroxyl groups is 1. The maximum absolute atomic E-state index is 14.2. The van der Waals surface area contributed by atoms with Gasteiger partial charge in [-0.05, 0) is 24.0 Å². The number of nitrogens with zero attached hydrogens (tertiary/aromatic N) is 1. The number of hydrogen-bond donors (Lipinski definition) is 1. The Labute approximate surface area is 143 Å². The van der Waals surface area contributed by atoms with Crippen LogP contribution in [0.4, 0.5) is 4.39 Å². The zero-order valence-corrected chi connectivity index (χ0v) is 14.0. The maximum atomic E-state index is 14.2. The Morgan fingerprint density at radius 2 is 1.33 bits per heavy atom. The van der Waals surface area contributed by atoms with Crippen LogP contribution in [-0.2, 0) is 13.1 Å². The van der Waals surface area contributed by atoms with Crippen molar-refractivity contribution in [1.82, 2.24) is 4.90 Å². The highest BCUT2D eigenvalue weighted by molar-refractivity contribution is 5.17. The van der Waals surface area contributed by atoms with Crippen LogP contribution in [0.1, 0.15) is 36.8 Å². The van der Waals surface area contributed by atoms with E-state index >= 15 is 0 Å². The van der Waals surface area contributed by atoms with Gasteiger partial charge in [0.2, 0.25) is 0 Å². The second-order valence-corrected chi connectivity index (χ2v) is 6.73. The van der Waals surface area contributed by atoms with Gasteiger partial charge < -0.3 is 5.11 Å². The van der Waals surface area contributed by atoms with E-state index in [2.05, 4.69) is 29.2 Å². The summed E-state index contributed by atoms with van der Waals surface area (Å²) in [6.45, 7) is 1.45. The molecular weight excluding hydrogens is 301 g/mol. The minimum absolute atomic E-state index is 0.136. The predicted octanol–water partition coefficient (Wildman–Crippen LogP) is 4.33. The van der Waals surface area contributed by atoms with Crippen LogP contribution in [0.15, 0.2) is 60.7 Å². The fourth-order valence-electron chi connectivity index (χ4n) is 3.60. The third-order valence-electron chi connectivity index (χ3n) is 4.92. The summed E-state index contributed by atoms with van der Waals surface area (Å²) < 4.78 is 14.2.